The van der Waals surface area contributed by atoms with Crippen LogP contribution in [0.15, 0.2) is 27.6 Å². The quantitative estimate of drug-likeness (QED) is 0.852. The number of nitrogens with one attached hydrogen (secondary N) is 1. The summed E-state index contributed by atoms with van der Waals surface area (Å²) < 4.78 is 27.0. The predicted molar refractivity (Wildman–Crippen MR) is 75.5 cm³/mol. The Morgan fingerprint density at radius 2 is 1.95 bits per heavy atom. The summed E-state index contributed by atoms with van der Waals surface area (Å²) in [4.78, 5) is 11.1. The summed E-state index contributed by atoms with van der Waals surface area (Å²) in [5, 5.41) is 9.03. The number of carboxylic acids is 1. The van der Waals surface area contributed by atoms with Gasteiger partial charge in [0.1, 0.15) is 6.04 Å². The van der Waals surface area contributed by atoms with Gasteiger partial charge in [-0.2, -0.15) is 4.72 Å². The molecule has 0 aliphatic carbocycles. The first-order valence-corrected chi connectivity index (χ1v) is 7.94. The van der Waals surface area contributed by atoms with E-state index in [1.54, 1.807) is 26.0 Å². The number of halogens is 1. The minimum Gasteiger partial charge on any atom is -0.480 e. The van der Waals surface area contributed by atoms with Crippen molar-refractivity contribution in [3.63, 3.8) is 0 Å². The molecule has 7 heteroatoms. The largest absolute Gasteiger partial charge is 0.480 e. The highest BCUT2D eigenvalue weighted by molar-refractivity contribution is 9.10. The normalized spacial score (nSPS) is 13.5. The molecule has 0 bridgehead atoms. The summed E-state index contributed by atoms with van der Waals surface area (Å²) in [6, 6.07) is 3.61. The fourth-order valence-electron chi connectivity index (χ4n) is 1.53. The molecule has 0 aliphatic heterocycles. The number of sulfonamides is 1. The third-order valence-electron chi connectivity index (χ3n) is 2.59. The van der Waals surface area contributed by atoms with E-state index in [0.717, 1.165) is 5.56 Å². The molecule has 0 aromatic heterocycles. The second-order valence-corrected chi connectivity index (χ2v) is 7.15. The molecule has 1 aromatic rings. The van der Waals surface area contributed by atoms with Gasteiger partial charge in [-0.05, 0) is 46.5 Å². The van der Waals surface area contributed by atoms with Crippen molar-refractivity contribution in [3.05, 3.63) is 28.2 Å². The fourth-order valence-corrected chi connectivity index (χ4v) is 4.06. The van der Waals surface area contributed by atoms with Crippen LogP contribution in [-0.4, -0.2) is 25.5 Å². The van der Waals surface area contributed by atoms with E-state index in [4.69, 9.17) is 5.11 Å². The molecule has 1 atom stereocenters. The van der Waals surface area contributed by atoms with E-state index in [1.165, 1.54) is 6.07 Å². The molecule has 1 rings (SSSR count). The maximum absolute atomic E-state index is 12.2. The third-order valence-corrected chi connectivity index (χ3v) is 5.01. The Labute approximate surface area is 121 Å². The molecule has 2 N–H and O–H groups in total. The summed E-state index contributed by atoms with van der Waals surface area (Å²) >= 11 is 3.18. The van der Waals surface area contributed by atoms with Crippen LogP contribution in [0.5, 0.6) is 0 Å². The Bertz CT molecular complexity index is 583. The van der Waals surface area contributed by atoms with Crippen molar-refractivity contribution in [1.29, 1.82) is 0 Å². The predicted octanol–water partition coefficient (Wildman–Crippen LogP) is 2.15. The van der Waals surface area contributed by atoms with E-state index in [-0.39, 0.29) is 10.8 Å². The molecule has 0 saturated heterocycles. The van der Waals surface area contributed by atoms with E-state index in [1.807, 2.05) is 6.92 Å². The molecular weight excluding hydrogens is 334 g/mol. The zero-order valence-electron chi connectivity index (χ0n) is 10.8. The number of aryl methyl sites for hydroxylation is 1. The van der Waals surface area contributed by atoms with E-state index in [9.17, 15) is 13.2 Å². The molecule has 19 heavy (non-hydrogen) atoms. The smallest absolute Gasteiger partial charge is 0.322 e. The van der Waals surface area contributed by atoms with Crippen molar-refractivity contribution in [2.24, 2.45) is 5.92 Å². The Kier molecular flexibility index (Phi) is 5.11. The molecule has 1 aromatic carbocycles. The summed E-state index contributed by atoms with van der Waals surface area (Å²) in [5.41, 5.74) is 0.907. The van der Waals surface area contributed by atoms with E-state index < -0.39 is 22.0 Å². The van der Waals surface area contributed by atoms with Gasteiger partial charge in [0.05, 0.1) is 4.90 Å². The van der Waals surface area contributed by atoms with Crippen LogP contribution in [0.4, 0.5) is 0 Å². The average molecular weight is 350 g/mol. The SMILES string of the molecule is Cc1ccc(S(=O)(=O)NC(C(=O)O)C(C)C)c(Br)c1. The van der Waals surface area contributed by atoms with Gasteiger partial charge in [-0.15, -0.1) is 0 Å². The molecule has 0 spiro atoms. The van der Waals surface area contributed by atoms with Crippen molar-refractivity contribution >= 4 is 31.9 Å². The Morgan fingerprint density at radius 3 is 2.37 bits per heavy atom. The first kappa shape index (κ1) is 16.1. The van der Waals surface area contributed by atoms with Gasteiger partial charge < -0.3 is 5.11 Å². The number of carboxylic acid groups (broad SMARTS) is 1. The summed E-state index contributed by atoms with van der Waals surface area (Å²) in [5.74, 6) is -1.54. The fraction of sp³-hybridized carbons (Fsp3) is 0.417. The van der Waals surface area contributed by atoms with E-state index >= 15 is 0 Å². The topological polar surface area (TPSA) is 83.5 Å². The van der Waals surface area contributed by atoms with Gasteiger partial charge in [0.15, 0.2) is 0 Å². The van der Waals surface area contributed by atoms with Crippen LogP contribution >= 0.6 is 15.9 Å². The van der Waals surface area contributed by atoms with Crippen molar-refractivity contribution in [2.45, 2.75) is 31.7 Å². The van der Waals surface area contributed by atoms with Gasteiger partial charge >= 0.3 is 5.97 Å². The lowest BCUT2D eigenvalue weighted by Crippen LogP contribution is -2.44. The third kappa shape index (κ3) is 4.02. The summed E-state index contributed by atoms with van der Waals surface area (Å²) in [7, 11) is -3.87. The van der Waals surface area contributed by atoms with Crippen molar-refractivity contribution in [2.75, 3.05) is 0 Å². The molecular formula is C12H16BrNO4S. The zero-order chi connectivity index (χ0) is 14.8. The number of hydrogen-bond donors (Lipinski definition) is 2. The van der Waals surface area contributed by atoms with Crippen LogP contribution in [0.1, 0.15) is 19.4 Å². The molecule has 106 valence electrons. The van der Waals surface area contributed by atoms with Crippen LogP contribution in [0.3, 0.4) is 0 Å². The van der Waals surface area contributed by atoms with E-state index in [2.05, 4.69) is 20.7 Å². The molecule has 0 saturated carbocycles. The molecule has 5 nitrogen and oxygen atoms in total. The minimum absolute atomic E-state index is 0.0324. The second-order valence-electron chi connectivity index (χ2n) is 4.62. The lowest BCUT2D eigenvalue weighted by atomic mass is 10.1. The van der Waals surface area contributed by atoms with Gasteiger partial charge in [0, 0.05) is 4.47 Å². The highest BCUT2D eigenvalue weighted by atomic mass is 79.9. The standard InChI is InChI=1S/C12H16BrNO4S/c1-7(2)11(12(15)16)14-19(17,18)10-5-4-8(3)6-9(10)13/h4-7,11,14H,1-3H3,(H,15,16). The molecule has 0 heterocycles. The van der Waals surface area contributed by atoms with Crippen LogP contribution in [-0.2, 0) is 14.8 Å². The van der Waals surface area contributed by atoms with Gasteiger partial charge in [-0.3, -0.25) is 4.79 Å². The molecule has 0 radical (unpaired) electrons. The number of rotatable bonds is 5. The molecule has 1 unspecified atom stereocenters. The van der Waals surface area contributed by atoms with Crippen molar-refractivity contribution in [1.82, 2.24) is 4.72 Å². The zero-order valence-corrected chi connectivity index (χ0v) is 13.2. The van der Waals surface area contributed by atoms with Crippen LogP contribution in [0.25, 0.3) is 0 Å². The number of carbonyl (C=O) groups is 1. The molecule has 0 fully saturated rings. The highest BCUT2D eigenvalue weighted by Crippen LogP contribution is 2.23. The van der Waals surface area contributed by atoms with Crippen LogP contribution in [0.2, 0.25) is 0 Å². The van der Waals surface area contributed by atoms with Crippen LogP contribution < -0.4 is 4.72 Å². The van der Waals surface area contributed by atoms with Crippen molar-refractivity contribution in [3.8, 4) is 0 Å². The maximum atomic E-state index is 12.2. The monoisotopic (exact) mass is 349 g/mol. The minimum atomic E-state index is -3.87. The summed E-state index contributed by atoms with van der Waals surface area (Å²) in [6.07, 6.45) is 0. The first-order chi connectivity index (χ1) is 8.65. The maximum Gasteiger partial charge on any atom is 0.322 e. The van der Waals surface area contributed by atoms with Crippen molar-refractivity contribution < 1.29 is 18.3 Å². The number of aliphatic carboxylic acids is 1. The van der Waals surface area contributed by atoms with Gasteiger partial charge in [0.2, 0.25) is 10.0 Å². The lowest BCUT2D eigenvalue weighted by molar-refractivity contribution is -0.140. The number of benzene rings is 1. The Morgan fingerprint density at radius 1 is 1.37 bits per heavy atom. The number of hydrogen-bond acceptors (Lipinski definition) is 3. The molecule has 0 amide bonds. The highest BCUT2D eigenvalue weighted by Gasteiger charge is 2.28. The summed E-state index contributed by atoms with van der Waals surface area (Å²) in [6.45, 7) is 5.12. The van der Waals surface area contributed by atoms with Gasteiger partial charge in [-0.25, -0.2) is 8.42 Å². The molecule has 0 aliphatic rings. The van der Waals surface area contributed by atoms with Gasteiger partial charge in [-0.1, -0.05) is 19.9 Å². The van der Waals surface area contributed by atoms with Gasteiger partial charge in [0.25, 0.3) is 0 Å². The Balaban J connectivity index is 3.14. The second kappa shape index (κ2) is 6.02. The van der Waals surface area contributed by atoms with E-state index in [0.29, 0.717) is 4.47 Å². The average Bonchev–Trinajstić information content (AvgIpc) is 2.24. The first-order valence-electron chi connectivity index (χ1n) is 5.66. The lowest BCUT2D eigenvalue weighted by Gasteiger charge is -2.18. The Hall–Kier alpha value is -0.920. The van der Waals surface area contributed by atoms with Crippen LogP contribution in [0, 0.1) is 12.8 Å².